The summed E-state index contributed by atoms with van der Waals surface area (Å²) in [6.07, 6.45) is 7.14. The lowest BCUT2D eigenvalue weighted by Crippen LogP contribution is -2.11. The second-order valence-electron chi connectivity index (χ2n) is 6.26. The summed E-state index contributed by atoms with van der Waals surface area (Å²) in [5, 5.41) is 9.92. The standard InChI is InChI=1S/C20H18FN5O/c21-17-7-5-15(6-8-17)16-11-18(19-24-25-20(27)26(19)13-16)23-10-2-4-14-3-1-9-22-12-14/h1,3,5-9,11-13,23H,2,4,10H2,(H,25,27). The van der Waals surface area contributed by atoms with Crippen molar-refractivity contribution in [2.45, 2.75) is 12.8 Å². The molecule has 6 nitrogen and oxygen atoms in total. The Morgan fingerprint density at radius 2 is 2.00 bits per heavy atom. The van der Waals surface area contributed by atoms with E-state index in [-0.39, 0.29) is 11.5 Å². The van der Waals surface area contributed by atoms with E-state index in [0.717, 1.165) is 36.2 Å². The van der Waals surface area contributed by atoms with Gasteiger partial charge < -0.3 is 5.32 Å². The smallest absolute Gasteiger partial charge is 0.347 e. The van der Waals surface area contributed by atoms with Crippen LogP contribution in [0.1, 0.15) is 12.0 Å². The quantitative estimate of drug-likeness (QED) is 0.516. The number of hydrogen-bond acceptors (Lipinski definition) is 4. The first-order chi connectivity index (χ1) is 13.2. The number of rotatable bonds is 6. The number of halogens is 1. The van der Waals surface area contributed by atoms with E-state index in [4.69, 9.17) is 0 Å². The number of nitrogens with zero attached hydrogens (tertiary/aromatic N) is 3. The van der Waals surface area contributed by atoms with E-state index in [9.17, 15) is 9.18 Å². The molecule has 3 aromatic heterocycles. The molecule has 0 saturated heterocycles. The van der Waals surface area contributed by atoms with E-state index in [0.29, 0.717) is 5.65 Å². The summed E-state index contributed by atoms with van der Waals surface area (Å²) in [7, 11) is 0. The molecule has 0 aliphatic heterocycles. The molecule has 0 unspecified atom stereocenters. The summed E-state index contributed by atoms with van der Waals surface area (Å²) in [6, 6.07) is 12.1. The van der Waals surface area contributed by atoms with Crippen molar-refractivity contribution in [1.29, 1.82) is 0 Å². The number of fused-ring (bicyclic) bond motifs is 1. The van der Waals surface area contributed by atoms with Crippen LogP contribution in [0.15, 0.2) is 65.8 Å². The van der Waals surface area contributed by atoms with Crippen molar-refractivity contribution < 1.29 is 4.39 Å². The Morgan fingerprint density at radius 3 is 2.78 bits per heavy atom. The first-order valence-electron chi connectivity index (χ1n) is 8.70. The number of aromatic amines is 1. The van der Waals surface area contributed by atoms with E-state index < -0.39 is 0 Å². The monoisotopic (exact) mass is 363 g/mol. The molecule has 0 atom stereocenters. The molecule has 27 heavy (non-hydrogen) atoms. The molecule has 0 saturated carbocycles. The SMILES string of the molecule is O=c1[nH]nc2c(NCCCc3cccnc3)cc(-c3ccc(F)cc3)cn12. The number of aromatic nitrogens is 4. The summed E-state index contributed by atoms with van der Waals surface area (Å²) < 4.78 is 14.7. The van der Waals surface area contributed by atoms with E-state index in [1.807, 2.05) is 24.4 Å². The highest BCUT2D eigenvalue weighted by atomic mass is 19.1. The van der Waals surface area contributed by atoms with Crippen molar-refractivity contribution in [2.24, 2.45) is 0 Å². The molecule has 2 N–H and O–H groups in total. The van der Waals surface area contributed by atoms with Gasteiger partial charge in [0, 0.05) is 30.7 Å². The van der Waals surface area contributed by atoms with Gasteiger partial charge in [0.2, 0.25) is 0 Å². The predicted octanol–water partition coefficient (Wildman–Crippen LogP) is 3.27. The fourth-order valence-corrected chi connectivity index (χ4v) is 3.00. The molecule has 0 bridgehead atoms. The Morgan fingerprint density at radius 1 is 1.15 bits per heavy atom. The molecular weight excluding hydrogens is 345 g/mol. The minimum Gasteiger partial charge on any atom is -0.382 e. The molecule has 0 aliphatic carbocycles. The summed E-state index contributed by atoms with van der Waals surface area (Å²) in [4.78, 5) is 16.2. The average Bonchev–Trinajstić information content (AvgIpc) is 3.08. The second kappa shape index (κ2) is 7.41. The molecule has 0 fully saturated rings. The van der Waals surface area contributed by atoms with Gasteiger partial charge in [-0.25, -0.2) is 18.7 Å². The van der Waals surface area contributed by atoms with Crippen LogP contribution in [0.2, 0.25) is 0 Å². The highest BCUT2D eigenvalue weighted by Gasteiger charge is 2.10. The lowest BCUT2D eigenvalue weighted by atomic mass is 10.1. The summed E-state index contributed by atoms with van der Waals surface area (Å²) in [6.45, 7) is 0.721. The minimum absolute atomic E-state index is 0.297. The normalized spacial score (nSPS) is 11.0. The van der Waals surface area contributed by atoms with Crippen molar-refractivity contribution in [2.75, 3.05) is 11.9 Å². The van der Waals surface area contributed by atoms with Gasteiger partial charge in [-0.05, 0) is 48.2 Å². The highest BCUT2D eigenvalue weighted by molar-refractivity contribution is 5.75. The third kappa shape index (κ3) is 3.72. The third-order valence-electron chi connectivity index (χ3n) is 4.37. The molecule has 4 aromatic rings. The van der Waals surface area contributed by atoms with Crippen molar-refractivity contribution in [3.63, 3.8) is 0 Å². The van der Waals surface area contributed by atoms with Crippen molar-refractivity contribution >= 4 is 11.3 Å². The average molecular weight is 363 g/mol. The maximum atomic E-state index is 13.2. The van der Waals surface area contributed by atoms with E-state index >= 15 is 0 Å². The molecule has 0 radical (unpaired) electrons. The first kappa shape index (κ1) is 17.0. The van der Waals surface area contributed by atoms with Crippen molar-refractivity contribution in [1.82, 2.24) is 19.6 Å². The van der Waals surface area contributed by atoms with Crippen LogP contribution < -0.4 is 11.0 Å². The highest BCUT2D eigenvalue weighted by Crippen LogP contribution is 2.25. The van der Waals surface area contributed by atoms with Gasteiger partial charge in [-0.3, -0.25) is 4.98 Å². The number of aryl methyl sites for hydroxylation is 1. The van der Waals surface area contributed by atoms with E-state index in [1.165, 1.54) is 22.1 Å². The Hall–Kier alpha value is -3.48. The van der Waals surface area contributed by atoms with E-state index in [1.54, 1.807) is 24.5 Å². The zero-order chi connectivity index (χ0) is 18.6. The number of anilines is 1. The molecule has 3 heterocycles. The predicted molar refractivity (Wildman–Crippen MR) is 102 cm³/mol. The lowest BCUT2D eigenvalue weighted by molar-refractivity contribution is 0.628. The molecule has 7 heteroatoms. The zero-order valence-electron chi connectivity index (χ0n) is 14.5. The number of benzene rings is 1. The van der Waals surface area contributed by atoms with Gasteiger partial charge in [-0.2, -0.15) is 5.10 Å². The molecule has 0 spiro atoms. The summed E-state index contributed by atoms with van der Waals surface area (Å²) in [5.74, 6) is -0.297. The van der Waals surface area contributed by atoms with Gasteiger partial charge in [0.05, 0.1) is 5.69 Å². The third-order valence-corrected chi connectivity index (χ3v) is 4.37. The second-order valence-corrected chi connectivity index (χ2v) is 6.26. The topological polar surface area (TPSA) is 75.1 Å². The Labute approximate surface area is 154 Å². The molecular formula is C20H18FN5O. The number of H-pyrrole nitrogens is 1. The van der Waals surface area contributed by atoms with Crippen LogP contribution in [-0.2, 0) is 6.42 Å². The molecule has 1 aromatic carbocycles. The van der Waals surface area contributed by atoms with Gasteiger partial charge in [0.25, 0.3) is 0 Å². The maximum absolute atomic E-state index is 13.2. The van der Waals surface area contributed by atoms with Crippen molar-refractivity contribution in [3.8, 4) is 11.1 Å². The summed E-state index contributed by atoms with van der Waals surface area (Å²) in [5.41, 5.74) is 3.78. The summed E-state index contributed by atoms with van der Waals surface area (Å²) >= 11 is 0. The fourth-order valence-electron chi connectivity index (χ4n) is 3.00. The van der Waals surface area contributed by atoms with Gasteiger partial charge in [0.1, 0.15) is 5.82 Å². The van der Waals surface area contributed by atoms with Crippen LogP contribution in [-0.4, -0.2) is 26.1 Å². The molecule has 0 aliphatic rings. The van der Waals surface area contributed by atoms with Crippen LogP contribution in [0.25, 0.3) is 16.8 Å². The maximum Gasteiger partial charge on any atom is 0.347 e. The Kier molecular flexibility index (Phi) is 4.65. The number of nitrogens with one attached hydrogen (secondary N) is 2. The van der Waals surface area contributed by atoms with Crippen LogP contribution in [0, 0.1) is 5.82 Å². The van der Waals surface area contributed by atoms with Crippen LogP contribution in [0.4, 0.5) is 10.1 Å². The minimum atomic E-state index is -0.313. The Bertz CT molecular complexity index is 1100. The van der Waals surface area contributed by atoms with Gasteiger partial charge in [0.15, 0.2) is 5.65 Å². The molecule has 0 amide bonds. The number of pyridine rings is 2. The Balaban J connectivity index is 1.57. The van der Waals surface area contributed by atoms with Gasteiger partial charge in [-0.15, -0.1) is 0 Å². The molecule has 136 valence electrons. The van der Waals surface area contributed by atoms with Crippen LogP contribution in [0.3, 0.4) is 0 Å². The van der Waals surface area contributed by atoms with Gasteiger partial charge in [-0.1, -0.05) is 18.2 Å². The van der Waals surface area contributed by atoms with Gasteiger partial charge >= 0.3 is 5.69 Å². The largest absolute Gasteiger partial charge is 0.382 e. The zero-order valence-corrected chi connectivity index (χ0v) is 14.5. The lowest BCUT2D eigenvalue weighted by Gasteiger charge is -2.10. The van der Waals surface area contributed by atoms with Crippen molar-refractivity contribution in [3.05, 3.63) is 82.9 Å². The van der Waals surface area contributed by atoms with Crippen LogP contribution in [0.5, 0.6) is 0 Å². The first-order valence-corrected chi connectivity index (χ1v) is 8.70. The molecule has 4 rings (SSSR count). The fraction of sp³-hybridized carbons (Fsp3) is 0.150. The van der Waals surface area contributed by atoms with E-state index in [2.05, 4.69) is 20.5 Å². The van der Waals surface area contributed by atoms with Crippen LogP contribution >= 0.6 is 0 Å². The number of hydrogen-bond donors (Lipinski definition) is 2.